The number of carbonyl (C=O) groups excluding carboxylic acids is 2. The van der Waals surface area contributed by atoms with Crippen molar-refractivity contribution in [3.05, 3.63) is 71.8 Å². The molecule has 0 unspecified atom stereocenters. The summed E-state index contributed by atoms with van der Waals surface area (Å²) in [6.07, 6.45) is -0.498. The Morgan fingerprint density at radius 3 is 1.67 bits per heavy atom. The molecule has 0 heterocycles. The van der Waals surface area contributed by atoms with Crippen molar-refractivity contribution in [1.82, 2.24) is 0 Å². The molecular formula is C18H18O3. The number of hydrogen-bond acceptors (Lipinski definition) is 3. The summed E-state index contributed by atoms with van der Waals surface area (Å²) in [7, 11) is 0. The third kappa shape index (κ3) is 3.78. The van der Waals surface area contributed by atoms with Crippen LogP contribution in [0.2, 0.25) is 0 Å². The Balaban J connectivity index is 2.30. The van der Waals surface area contributed by atoms with Crippen molar-refractivity contribution >= 4 is 11.8 Å². The highest BCUT2D eigenvalue weighted by Gasteiger charge is 2.25. The molecule has 0 aliphatic carbocycles. The Kier molecular flexibility index (Phi) is 4.88. The molecule has 3 heteroatoms. The number of ether oxygens (including phenoxy) is 1. The highest BCUT2D eigenvalue weighted by atomic mass is 16.5. The van der Waals surface area contributed by atoms with Crippen molar-refractivity contribution in [3.8, 4) is 0 Å². The van der Waals surface area contributed by atoms with Crippen LogP contribution in [-0.2, 0) is 14.3 Å². The van der Waals surface area contributed by atoms with Crippen LogP contribution in [0.15, 0.2) is 60.7 Å². The van der Waals surface area contributed by atoms with E-state index in [9.17, 15) is 9.59 Å². The van der Waals surface area contributed by atoms with Crippen LogP contribution in [0.4, 0.5) is 0 Å². The van der Waals surface area contributed by atoms with Gasteiger partial charge in [-0.25, -0.2) is 0 Å². The van der Waals surface area contributed by atoms with E-state index in [1.165, 1.54) is 6.92 Å². The van der Waals surface area contributed by atoms with E-state index >= 15 is 0 Å². The van der Waals surface area contributed by atoms with Crippen molar-refractivity contribution < 1.29 is 14.3 Å². The second-order valence-electron chi connectivity index (χ2n) is 4.97. The number of rotatable bonds is 5. The van der Waals surface area contributed by atoms with E-state index in [0.717, 1.165) is 11.1 Å². The molecule has 0 radical (unpaired) electrons. The minimum absolute atomic E-state index is 0.195. The molecular weight excluding hydrogens is 264 g/mol. The molecule has 0 aromatic heterocycles. The molecule has 21 heavy (non-hydrogen) atoms. The van der Waals surface area contributed by atoms with Gasteiger partial charge in [-0.15, -0.1) is 0 Å². The predicted molar refractivity (Wildman–Crippen MR) is 80.7 cm³/mol. The van der Waals surface area contributed by atoms with E-state index in [4.69, 9.17) is 4.74 Å². The number of ketones is 1. The molecule has 0 amide bonds. The van der Waals surface area contributed by atoms with Gasteiger partial charge >= 0.3 is 5.97 Å². The lowest BCUT2D eigenvalue weighted by molar-refractivity contribution is -0.154. The van der Waals surface area contributed by atoms with Crippen molar-refractivity contribution in [3.63, 3.8) is 0 Å². The van der Waals surface area contributed by atoms with Crippen molar-refractivity contribution in [1.29, 1.82) is 0 Å². The first-order chi connectivity index (χ1) is 10.1. The summed E-state index contributed by atoms with van der Waals surface area (Å²) in [5, 5.41) is 0. The molecule has 0 saturated carbocycles. The molecule has 2 rings (SSSR count). The molecule has 0 aliphatic heterocycles. The second kappa shape index (κ2) is 6.84. The van der Waals surface area contributed by atoms with Crippen LogP contribution in [0.1, 0.15) is 31.1 Å². The smallest absolute Gasteiger partial charge is 0.317 e. The molecule has 0 aliphatic rings. The largest absolute Gasteiger partial charge is 0.452 e. The van der Waals surface area contributed by atoms with Crippen LogP contribution in [0.25, 0.3) is 0 Å². The maximum Gasteiger partial charge on any atom is 0.317 e. The first-order valence-corrected chi connectivity index (χ1v) is 6.90. The van der Waals surface area contributed by atoms with E-state index in [2.05, 4.69) is 0 Å². The summed E-state index contributed by atoms with van der Waals surface area (Å²) in [6, 6.07) is 19.0. The van der Waals surface area contributed by atoms with Crippen LogP contribution >= 0.6 is 0 Å². The second-order valence-corrected chi connectivity index (χ2v) is 4.97. The van der Waals surface area contributed by atoms with Crippen LogP contribution < -0.4 is 0 Å². The minimum Gasteiger partial charge on any atom is -0.452 e. The highest BCUT2D eigenvalue weighted by Crippen LogP contribution is 2.26. The average molecular weight is 282 g/mol. The van der Waals surface area contributed by atoms with Gasteiger partial charge in [-0.05, 0) is 25.0 Å². The van der Waals surface area contributed by atoms with Gasteiger partial charge in [-0.2, -0.15) is 0 Å². The van der Waals surface area contributed by atoms with Crippen LogP contribution in [-0.4, -0.2) is 11.8 Å². The predicted octanol–water partition coefficient (Wildman–Crippen LogP) is 3.54. The molecule has 2 aromatic rings. The lowest BCUT2D eigenvalue weighted by Gasteiger charge is -2.20. The molecule has 3 nitrogen and oxygen atoms in total. The van der Waals surface area contributed by atoms with E-state index in [-0.39, 0.29) is 5.78 Å². The van der Waals surface area contributed by atoms with E-state index in [1.54, 1.807) is 6.92 Å². The summed E-state index contributed by atoms with van der Waals surface area (Å²) in [5.41, 5.74) is 1.76. The fourth-order valence-corrected chi connectivity index (χ4v) is 1.97. The summed E-state index contributed by atoms with van der Waals surface area (Å²) in [6.45, 7) is 2.96. The summed E-state index contributed by atoms with van der Waals surface area (Å²) in [5.74, 6) is -1.44. The van der Waals surface area contributed by atoms with Gasteiger partial charge in [0, 0.05) is 0 Å². The van der Waals surface area contributed by atoms with Gasteiger partial charge in [0.2, 0.25) is 0 Å². The fraction of sp³-hybridized carbons (Fsp3) is 0.222. The Hall–Kier alpha value is -2.42. The Labute approximate surface area is 124 Å². The van der Waals surface area contributed by atoms with Gasteiger partial charge in [0.05, 0.1) is 0 Å². The maximum atomic E-state index is 12.1. The normalized spacial score (nSPS) is 12.0. The Morgan fingerprint density at radius 1 is 0.857 bits per heavy atom. The molecule has 108 valence electrons. The van der Waals surface area contributed by atoms with Crippen LogP contribution in [0.3, 0.4) is 0 Å². The SMILES string of the molecule is CC(=O)[C@H](C)C(=O)OC(c1ccccc1)c1ccccc1. The quantitative estimate of drug-likeness (QED) is 0.622. The molecule has 2 aromatic carbocycles. The third-order valence-electron chi connectivity index (χ3n) is 3.40. The Morgan fingerprint density at radius 2 is 1.29 bits per heavy atom. The van der Waals surface area contributed by atoms with Crippen molar-refractivity contribution in [2.45, 2.75) is 20.0 Å². The van der Waals surface area contributed by atoms with Gasteiger partial charge in [-0.1, -0.05) is 60.7 Å². The van der Waals surface area contributed by atoms with Gasteiger partial charge in [0.1, 0.15) is 11.7 Å². The van der Waals surface area contributed by atoms with Gasteiger partial charge < -0.3 is 4.74 Å². The monoisotopic (exact) mass is 282 g/mol. The Bertz CT molecular complexity index is 565. The lowest BCUT2D eigenvalue weighted by atomic mass is 10.0. The number of carbonyl (C=O) groups is 2. The number of esters is 1. The zero-order valence-corrected chi connectivity index (χ0v) is 12.2. The molecule has 0 N–H and O–H groups in total. The minimum atomic E-state index is -0.750. The molecule has 0 fully saturated rings. The number of Topliss-reactive ketones (excluding diaryl/α,β-unsaturated/α-hetero) is 1. The molecule has 0 spiro atoms. The zero-order chi connectivity index (χ0) is 15.2. The molecule has 1 atom stereocenters. The first-order valence-electron chi connectivity index (χ1n) is 6.90. The summed E-state index contributed by atoms with van der Waals surface area (Å²) >= 11 is 0. The maximum absolute atomic E-state index is 12.1. The molecule has 0 bridgehead atoms. The number of hydrogen-bond donors (Lipinski definition) is 0. The summed E-state index contributed by atoms with van der Waals surface area (Å²) in [4.78, 5) is 23.4. The fourth-order valence-electron chi connectivity index (χ4n) is 1.97. The van der Waals surface area contributed by atoms with E-state index < -0.39 is 18.0 Å². The van der Waals surface area contributed by atoms with Crippen molar-refractivity contribution in [2.24, 2.45) is 5.92 Å². The van der Waals surface area contributed by atoms with Gasteiger partial charge in [-0.3, -0.25) is 9.59 Å². The highest BCUT2D eigenvalue weighted by molar-refractivity contribution is 5.97. The molecule has 0 saturated heterocycles. The first kappa shape index (κ1) is 15.0. The standard InChI is InChI=1S/C18H18O3/c1-13(14(2)19)18(20)21-17(15-9-5-3-6-10-15)16-11-7-4-8-12-16/h3-13,17H,1-2H3/t13-/m0/s1. The summed E-state index contributed by atoms with van der Waals surface area (Å²) < 4.78 is 5.59. The zero-order valence-electron chi connectivity index (χ0n) is 12.2. The van der Waals surface area contributed by atoms with E-state index in [0.29, 0.717) is 0 Å². The third-order valence-corrected chi connectivity index (χ3v) is 3.40. The lowest BCUT2D eigenvalue weighted by Crippen LogP contribution is -2.23. The average Bonchev–Trinajstić information content (AvgIpc) is 2.53. The van der Waals surface area contributed by atoms with Crippen LogP contribution in [0, 0.1) is 5.92 Å². The van der Waals surface area contributed by atoms with E-state index in [1.807, 2.05) is 60.7 Å². The van der Waals surface area contributed by atoms with Gasteiger partial charge in [0.15, 0.2) is 6.10 Å². The number of benzene rings is 2. The van der Waals surface area contributed by atoms with Crippen molar-refractivity contribution in [2.75, 3.05) is 0 Å². The topological polar surface area (TPSA) is 43.4 Å². The van der Waals surface area contributed by atoms with Crippen LogP contribution in [0.5, 0.6) is 0 Å². The van der Waals surface area contributed by atoms with Gasteiger partial charge in [0.25, 0.3) is 0 Å².